The van der Waals surface area contributed by atoms with E-state index in [1.165, 1.54) is 5.56 Å². The molecule has 150 valence electrons. The van der Waals surface area contributed by atoms with Gasteiger partial charge < -0.3 is 4.74 Å². The minimum atomic E-state index is -3.30. The SMILES string of the molecule is COc1ccc(C(C)N2CCC[C@@H]2c2cccc(NS(=O)(=O)C3CC3)n2)cc1. The quantitative estimate of drug-likeness (QED) is 0.762. The molecule has 4 rings (SSSR count). The molecule has 2 aliphatic rings. The highest BCUT2D eigenvalue weighted by Gasteiger charge is 2.36. The standard InChI is InChI=1S/C21H27N3O3S/c1-15(16-8-10-17(27-2)11-9-16)24-14-4-6-20(24)19-5-3-7-21(22-19)23-28(25,26)18-12-13-18/h3,5,7-11,15,18,20H,4,6,12-14H2,1-2H3,(H,22,23)/t15?,20-/m1/s1. The van der Waals surface area contributed by atoms with E-state index in [0.29, 0.717) is 5.82 Å². The summed E-state index contributed by atoms with van der Waals surface area (Å²) in [5.74, 6) is 1.28. The van der Waals surface area contributed by atoms with Gasteiger partial charge in [0, 0.05) is 6.04 Å². The van der Waals surface area contributed by atoms with Crippen molar-refractivity contribution in [2.45, 2.75) is 49.9 Å². The Bertz CT molecular complexity index is 926. The molecular weight excluding hydrogens is 374 g/mol. The van der Waals surface area contributed by atoms with Crippen LogP contribution in [0.3, 0.4) is 0 Å². The minimum absolute atomic E-state index is 0.183. The first-order chi connectivity index (χ1) is 13.5. The Balaban J connectivity index is 1.53. The zero-order chi connectivity index (χ0) is 19.7. The summed E-state index contributed by atoms with van der Waals surface area (Å²) in [5, 5.41) is -0.254. The first kappa shape index (κ1) is 19.2. The van der Waals surface area contributed by atoms with Crippen LogP contribution in [0.2, 0.25) is 0 Å². The number of anilines is 1. The summed E-state index contributed by atoms with van der Waals surface area (Å²) >= 11 is 0. The van der Waals surface area contributed by atoms with Crippen LogP contribution in [0.4, 0.5) is 5.82 Å². The number of methoxy groups -OCH3 is 1. The first-order valence-corrected chi connectivity index (χ1v) is 11.4. The molecule has 0 bridgehead atoms. The number of rotatable bonds is 7. The van der Waals surface area contributed by atoms with E-state index in [9.17, 15) is 8.42 Å². The molecule has 2 aromatic rings. The molecule has 0 amide bonds. The molecule has 1 N–H and O–H groups in total. The van der Waals surface area contributed by atoms with Crippen LogP contribution in [0.15, 0.2) is 42.5 Å². The molecule has 1 aromatic heterocycles. The highest BCUT2D eigenvalue weighted by atomic mass is 32.2. The second-order valence-corrected chi connectivity index (χ2v) is 9.60. The molecule has 2 heterocycles. The molecule has 2 fully saturated rings. The third-order valence-electron chi connectivity index (χ3n) is 5.71. The van der Waals surface area contributed by atoms with Crippen LogP contribution in [0.25, 0.3) is 0 Å². The highest BCUT2D eigenvalue weighted by Crippen LogP contribution is 2.38. The first-order valence-electron chi connectivity index (χ1n) is 9.86. The predicted octanol–water partition coefficient (Wildman–Crippen LogP) is 3.89. The molecule has 1 saturated carbocycles. The lowest BCUT2D eigenvalue weighted by molar-refractivity contribution is 0.191. The number of nitrogens with one attached hydrogen (secondary N) is 1. The lowest BCUT2D eigenvalue weighted by Crippen LogP contribution is -2.27. The number of likely N-dealkylation sites (tertiary alicyclic amines) is 1. The number of aromatic nitrogens is 1. The average molecular weight is 402 g/mol. The van der Waals surface area contributed by atoms with Crippen LogP contribution >= 0.6 is 0 Å². The summed E-state index contributed by atoms with van der Waals surface area (Å²) in [4.78, 5) is 7.10. The summed E-state index contributed by atoms with van der Waals surface area (Å²) in [6.07, 6.45) is 3.60. The van der Waals surface area contributed by atoms with Gasteiger partial charge >= 0.3 is 0 Å². The van der Waals surface area contributed by atoms with Crippen LogP contribution < -0.4 is 9.46 Å². The van der Waals surface area contributed by atoms with Gasteiger partial charge in [-0.05, 0) is 69.0 Å². The van der Waals surface area contributed by atoms with Crippen LogP contribution in [-0.4, -0.2) is 37.2 Å². The molecule has 1 saturated heterocycles. The van der Waals surface area contributed by atoms with Gasteiger partial charge in [-0.15, -0.1) is 0 Å². The second-order valence-electron chi connectivity index (χ2n) is 7.64. The molecule has 2 atom stereocenters. The predicted molar refractivity (Wildman–Crippen MR) is 110 cm³/mol. The third-order valence-corrected chi connectivity index (χ3v) is 7.55. The zero-order valence-electron chi connectivity index (χ0n) is 16.3. The van der Waals surface area contributed by atoms with Gasteiger partial charge in [-0.3, -0.25) is 9.62 Å². The summed E-state index contributed by atoms with van der Waals surface area (Å²) < 4.78 is 32.4. The molecule has 28 heavy (non-hydrogen) atoms. The van der Waals surface area contributed by atoms with Crippen LogP contribution in [0.1, 0.15) is 55.9 Å². The normalized spacial score (nSPS) is 21.4. The Morgan fingerprint density at radius 2 is 1.89 bits per heavy atom. The fourth-order valence-corrected chi connectivity index (χ4v) is 5.27. The van der Waals surface area contributed by atoms with Gasteiger partial charge in [-0.25, -0.2) is 13.4 Å². The molecule has 6 nitrogen and oxygen atoms in total. The van der Waals surface area contributed by atoms with Gasteiger partial charge in [-0.2, -0.15) is 0 Å². The van der Waals surface area contributed by atoms with Crippen molar-refractivity contribution in [3.63, 3.8) is 0 Å². The number of benzene rings is 1. The van der Waals surface area contributed by atoms with Crippen molar-refractivity contribution in [1.82, 2.24) is 9.88 Å². The zero-order valence-corrected chi connectivity index (χ0v) is 17.2. The maximum Gasteiger partial charge on any atom is 0.236 e. The van der Waals surface area contributed by atoms with E-state index in [4.69, 9.17) is 4.74 Å². The van der Waals surface area contributed by atoms with Gasteiger partial charge in [0.2, 0.25) is 10.0 Å². The van der Waals surface area contributed by atoms with E-state index in [1.807, 2.05) is 24.3 Å². The van der Waals surface area contributed by atoms with Crippen molar-refractivity contribution in [2.75, 3.05) is 18.4 Å². The highest BCUT2D eigenvalue weighted by molar-refractivity contribution is 7.93. The van der Waals surface area contributed by atoms with Crippen molar-refractivity contribution >= 4 is 15.8 Å². The van der Waals surface area contributed by atoms with E-state index < -0.39 is 10.0 Å². The lowest BCUT2D eigenvalue weighted by atomic mass is 10.0. The number of sulfonamides is 1. The number of hydrogen-bond acceptors (Lipinski definition) is 5. The maximum atomic E-state index is 12.2. The molecule has 1 aromatic carbocycles. The lowest BCUT2D eigenvalue weighted by Gasteiger charge is -2.31. The van der Waals surface area contributed by atoms with Crippen LogP contribution in [0.5, 0.6) is 5.75 Å². The van der Waals surface area contributed by atoms with E-state index in [2.05, 4.69) is 33.7 Å². The van der Waals surface area contributed by atoms with Crippen molar-refractivity contribution in [2.24, 2.45) is 0 Å². The Kier molecular flexibility index (Phi) is 5.29. The average Bonchev–Trinajstić information content (AvgIpc) is 3.46. The van der Waals surface area contributed by atoms with Crippen LogP contribution in [0, 0.1) is 0 Å². The molecule has 7 heteroatoms. The number of nitrogens with zero attached hydrogens (tertiary/aromatic N) is 2. The number of ether oxygens (including phenoxy) is 1. The summed E-state index contributed by atoms with van der Waals surface area (Å²) in [5.41, 5.74) is 2.16. The topological polar surface area (TPSA) is 71.5 Å². The molecule has 0 radical (unpaired) electrons. The third kappa shape index (κ3) is 4.00. The van der Waals surface area contributed by atoms with Gasteiger partial charge in [0.15, 0.2) is 0 Å². The summed E-state index contributed by atoms with van der Waals surface area (Å²) in [6.45, 7) is 3.21. The van der Waals surface area contributed by atoms with Crippen molar-refractivity contribution < 1.29 is 13.2 Å². The smallest absolute Gasteiger partial charge is 0.236 e. The Morgan fingerprint density at radius 3 is 2.57 bits per heavy atom. The fourth-order valence-electron chi connectivity index (χ4n) is 3.95. The second kappa shape index (κ2) is 7.72. The van der Waals surface area contributed by atoms with Gasteiger partial charge in [-0.1, -0.05) is 18.2 Å². The Morgan fingerprint density at radius 1 is 1.14 bits per heavy atom. The monoisotopic (exact) mass is 401 g/mol. The Labute approximate surface area is 167 Å². The van der Waals surface area contributed by atoms with E-state index >= 15 is 0 Å². The van der Waals surface area contributed by atoms with Crippen molar-refractivity contribution in [3.05, 3.63) is 53.7 Å². The number of hydrogen-bond donors (Lipinski definition) is 1. The molecule has 1 aliphatic heterocycles. The Hall–Kier alpha value is -2.12. The summed E-state index contributed by atoms with van der Waals surface area (Å²) in [7, 11) is -1.63. The van der Waals surface area contributed by atoms with Crippen LogP contribution in [-0.2, 0) is 10.0 Å². The molecular formula is C21H27N3O3S. The van der Waals surface area contributed by atoms with E-state index in [-0.39, 0.29) is 17.3 Å². The molecule has 1 unspecified atom stereocenters. The van der Waals surface area contributed by atoms with Gasteiger partial charge in [0.1, 0.15) is 11.6 Å². The molecule has 1 aliphatic carbocycles. The minimum Gasteiger partial charge on any atom is -0.497 e. The maximum absolute atomic E-state index is 12.2. The summed E-state index contributed by atoms with van der Waals surface area (Å²) in [6, 6.07) is 14.2. The van der Waals surface area contributed by atoms with Crippen molar-refractivity contribution in [3.8, 4) is 5.75 Å². The molecule has 0 spiro atoms. The van der Waals surface area contributed by atoms with Gasteiger partial charge in [0.25, 0.3) is 0 Å². The van der Waals surface area contributed by atoms with E-state index in [1.54, 1.807) is 13.2 Å². The largest absolute Gasteiger partial charge is 0.497 e. The fraction of sp³-hybridized carbons (Fsp3) is 0.476. The van der Waals surface area contributed by atoms with E-state index in [0.717, 1.165) is 43.7 Å². The number of pyridine rings is 1. The van der Waals surface area contributed by atoms with Gasteiger partial charge in [0.05, 0.1) is 24.1 Å². The van der Waals surface area contributed by atoms with Crippen molar-refractivity contribution in [1.29, 1.82) is 0 Å².